The molecule has 1 amide bonds. The number of non-ortho nitro benzene ring substituents is 1. The number of nitro benzene ring substituents is 1. The molecule has 0 unspecified atom stereocenters. The molecule has 0 spiro atoms. The van der Waals surface area contributed by atoms with Gasteiger partial charge >= 0.3 is 6.09 Å². The van der Waals surface area contributed by atoms with E-state index in [1.54, 1.807) is 50.2 Å². The second-order valence-electron chi connectivity index (χ2n) is 5.19. The molecule has 0 saturated carbocycles. The van der Waals surface area contributed by atoms with Crippen LogP contribution >= 0.6 is 0 Å². The molecule has 0 aliphatic carbocycles. The number of amides is 1. The van der Waals surface area contributed by atoms with Crippen LogP contribution in [0.4, 0.5) is 16.2 Å². The van der Waals surface area contributed by atoms with E-state index in [0.717, 1.165) is 0 Å². The van der Waals surface area contributed by atoms with Gasteiger partial charge in [0.05, 0.1) is 4.92 Å². The predicted octanol–water partition coefficient (Wildman–Crippen LogP) is 4.08. The number of carbonyl (C=O) groups excluding carboxylic acids is 1. The summed E-state index contributed by atoms with van der Waals surface area (Å²) in [5.41, 5.74) is 0.384. The number of nitrogens with one attached hydrogen (secondary N) is 1. The largest absolute Gasteiger partial charge is 0.438 e. The molecule has 2 aromatic rings. The summed E-state index contributed by atoms with van der Waals surface area (Å²) in [6.07, 6.45) is -0.588. The van der Waals surface area contributed by atoms with E-state index in [9.17, 15) is 14.9 Å². The first-order valence-electron chi connectivity index (χ1n) is 6.68. The number of para-hydroxylation sites is 1. The summed E-state index contributed by atoms with van der Waals surface area (Å²) in [6.45, 7) is 3.44. The molecule has 0 aromatic heterocycles. The molecule has 0 aliphatic rings. The maximum Gasteiger partial charge on any atom is 0.412 e. The standard InChI is InChI=1S/C16H16N2O4/c1-16(2,12-8-10-14(11-9-12)18(20)21)22-15(19)17-13-6-4-3-5-7-13/h3-11H,1-2H3,(H,17,19). The van der Waals surface area contributed by atoms with Gasteiger partial charge in [0.1, 0.15) is 5.60 Å². The van der Waals surface area contributed by atoms with Crippen molar-refractivity contribution in [1.82, 2.24) is 0 Å². The highest BCUT2D eigenvalue weighted by Crippen LogP contribution is 2.27. The van der Waals surface area contributed by atoms with Gasteiger partial charge in [0.15, 0.2) is 0 Å². The number of hydrogen-bond donors (Lipinski definition) is 1. The average molecular weight is 300 g/mol. The molecule has 2 rings (SSSR count). The van der Waals surface area contributed by atoms with E-state index in [-0.39, 0.29) is 5.69 Å². The number of hydrogen-bond acceptors (Lipinski definition) is 4. The monoisotopic (exact) mass is 300 g/mol. The average Bonchev–Trinajstić information content (AvgIpc) is 2.47. The molecule has 0 radical (unpaired) electrons. The van der Waals surface area contributed by atoms with Crippen molar-refractivity contribution < 1.29 is 14.5 Å². The Hall–Kier alpha value is -2.89. The Morgan fingerprint density at radius 3 is 2.23 bits per heavy atom. The molecule has 1 N–H and O–H groups in total. The lowest BCUT2D eigenvalue weighted by Crippen LogP contribution is -2.28. The second-order valence-corrected chi connectivity index (χ2v) is 5.19. The topological polar surface area (TPSA) is 81.5 Å². The molecule has 114 valence electrons. The zero-order chi connectivity index (χ0) is 16.2. The number of rotatable bonds is 4. The number of carbonyl (C=O) groups is 1. The summed E-state index contributed by atoms with van der Waals surface area (Å²) in [4.78, 5) is 22.1. The molecule has 0 bridgehead atoms. The lowest BCUT2D eigenvalue weighted by atomic mass is 9.98. The lowest BCUT2D eigenvalue weighted by Gasteiger charge is -2.25. The molecule has 0 atom stereocenters. The minimum absolute atomic E-state index is 0.00622. The van der Waals surface area contributed by atoms with Crippen LogP contribution in [-0.2, 0) is 10.3 Å². The summed E-state index contributed by atoms with van der Waals surface area (Å²) < 4.78 is 5.41. The van der Waals surface area contributed by atoms with Crippen LogP contribution in [0.1, 0.15) is 19.4 Å². The van der Waals surface area contributed by atoms with E-state index >= 15 is 0 Å². The van der Waals surface area contributed by atoms with E-state index < -0.39 is 16.6 Å². The van der Waals surface area contributed by atoms with Gasteiger partial charge < -0.3 is 4.74 Å². The minimum atomic E-state index is -0.909. The van der Waals surface area contributed by atoms with Crippen LogP contribution in [0.2, 0.25) is 0 Å². The third-order valence-corrected chi connectivity index (χ3v) is 3.14. The maximum absolute atomic E-state index is 11.9. The fourth-order valence-electron chi connectivity index (χ4n) is 1.94. The molecule has 22 heavy (non-hydrogen) atoms. The molecule has 6 nitrogen and oxygen atoms in total. The molecule has 0 saturated heterocycles. The Balaban J connectivity index is 2.06. The zero-order valence-electron chi connectivity index (χ0n) is 12.3. The highest BCUT2D eigenvalue weighted by Gasteiger charge is 2.26. The van der Waals surface area contributed by atoms with Crippen LogP contribution in [0, 0.1) is 10.1 Å². The number of ether oxygens (including phenoxy) is 1. The first-order chi connectivity index (χ1) is 10.4. The number of nitro groups is 1. The Kier molecular flexibility index (Phi) is 4.41. The molecule has 0 aliphatic heterocycles. The Morgan fingerprint density at radius 2 is 1.68 bits per heavy atom. The van der Waals surface area contributed by atoms with Gasteiger partial charge in [-0.2, -0.15) is 0 Å². The van der Waals surface area contributed by atoms with Crippen molar-refractivity contribution in [2.45, 2.75) is 19.4 Å². The summed E-state index contributed by atoms with van der Waals surface area (Å²) in [7, 11) is 0. The summed E-state index contributed by atoms with van der Waals surface area (Å²) >= 11 is 0. The van der Waals surface area contributed by atoms with Gasteiger partial charge in [0.25, 0.3) is 5.69 Å². The third-order valence-electron chi connectivity index (χ3n) is 3.14. The summed E-state index contributed by atoms with van der Waals surface area (Å²) in [5, 5.41) is 13.3. The van der Waals surface area contributed by atoms with Crippen LogP contribution in [-0.4, -0.2) is 11.0 Å². The van der Waals surface area contributed by atoms with Crippen molar-refractivity contribution in [2.24, 2.45) is 0 Å². The predicted molar refractivity (Wildman–Crippen MR) is 82.7 cm³/mol. The van der Waals surface area contributed by atoms with Crippen molar-refractivity contribution in [3.63, 3.8) is 0 Å². The Labute approximate surface area is 127 Å². The smallest absolute Gasteiger partial charge is 0.412 e. The van der Waals surface area contributed by atoms with E-state index in [0.29, 0.717) is 11.3 Å². The number of anilines is 1. The molecular weight excluding hydrogens is 284 g/mol. The van der Waals surface area contributed by atoms with Crippen molar-refractivity contribution in [2.75, 3.05) is 5.32 Å². The Morgan fingerprint density at radius 1 is 1.09 bits per heavy atom. The summed E-state index contributed by atoms with van der Waals surface area (Å²) in [5.74, 6) is 0. The lowest BCUT2D eigenvalue weighted by molar-refractivity contribution is -0.384. The van der Waals surface area contributed by atoms with E-state index in [2.05, 4.69) is 5.32 Å². The second kappa shape index (κ2) is 6.26. The molecular formula is C16H16N2O4. The minimum Gasteiger partial charge on any atom is -0.438 e. The van der Waals surface area contributed by atoms with Crippen LogP contribution in [0.3, 0.4) is 0 Å². The highest BCUT2D eigenvalue weighted by molar-refractivity contribution is 5.84. The quantitative estimate of drug-likeness (QED) is 0.681. The first-order valence-corrected chi connectivity index (χ1v) is 6.68. The van der Waals surface area contributed by atoms with Crippen LogP contribution in [0.25, 0.3) is 0 Å². The van der Waals surface area contributed by atoms with Crippen molar-refractivity contribution in [1.29, 1.82) is 0 Å². The van der Waals surface area contributed by atoms with E-state index in [4.69, 9.17) is 4.74 Å². The fraction of sp³-hybridized carbons (Fsp3) is 0.188. The van der Waals surface area contributed by atoms with Gasteiger partial charge in [0, 0.05) is 17.8 Å². The molecule has 6 heteroatoms. The van der Waals surface area contributed by atoms with E-state index in [1.165, 1.54) is 12.1 Å². The SMILES string of the molecule is CC(C)(OC(=O)Nc1ccccc1)c1ccc([N+](=O)[O-])cc1. The number of nitrogens with zero attached hydrogens (tertiary/aromatic N) is 1. The van der Waals surface area contributed by atoms with E-state index in [1.807, 2.05) is 6.07 Å². The van der Waals surface area contributed by atoms with Gasteiger partial charge in [-0.1, -0.05) is 18.2 Å². The van der Waals surface area contributed by atoms with Gasteiger partial charge in [-0.15, -0.1) is 0 Å². The van der Waals surface area contributed by atoms with Gasteiger partial charge in [-0.05, 0) is 43.7 Å². The van der Waals surface area contributed by atoms with Crippen molar-refractivity contribution >= 4 is 17.5 Å². The van der Waals surface area contributed by atoms with Crippen LogP contribution < -0.4 is 5.32 Å². The number of benzene rings is 2. The summed E-state index contributed by atoms with van der Waals surface area (Å²) in [6, 6.07) is 14.9. The van der Waals surface area contributed by atoms with Gasteiger partial charge in [-0.3, -0.25) is 15.4 Å². The zero-order valence-corrected chi connectivity index (χ0v) is 12.3. The Bertz CT molecular complexity index is 666. The van der Waals surface area contributed by atoms with Gasteiger partial charge in [-0.25, -0.2) is 4.79 Å². The first kappa shape index (κ1) is 15.5. The van der Waals surface area contributed by atoms with Crippen LogP contribution in [0.15, 0.2) is 54.6 Å². The third kappa shape index (κ3) is 3.82. The fourth-order valence-corrected chi connectivity index (χ4v) is 1.94. The molecule has 2 aromatic carbocycles. The maximum atomic E-state index is 11.9. The van der Waals surface area contributed by atoms with Crippen molar-refractivity contribution in [3.05, 3.63) is 70.3 Å². The molecule has 0 fully saturated rings. The molecule has 0 heterocycles. The van der Waals surface area contributed by atoms with Crippen molar-refractivity contribution in [3.8, 4) is 0 Å². The normalized spacial score (nSPS) is 10.8. The highest BCUT2D eigenvalue weighted by atomic mass is 16.6. The van der Waals surface area contributed by atoms with Crippen LogP contribution in [0.5, 0.6) is 0 Å². The van der Waals surface area contributed by atoms with Gasteiger partial charge in [0.2, 0.25) is 0 Å².